The van der Waals surface area contributed by atoms with Crippen molar-refractivity contribution >= 4 is 34.8 Å². The molecule has 0 unspecified atom stereocenters. The highest BCUT2D eigenvalue weighted by atomic mass is 35.5. The van der Waals surface area contributed by atoms with E-state index in [0.717, 1.165) is 6.42 Å². The minimum absolute atomic E-state index is 0.000506. The van der Waals surface area contributed by atoms with Crippen molar-refractivity contribution in [1.82, 2.24) is 0 Å². The molecule has 4 heteroatoms. The van der Waals surface area contributed by atoms with E-state index in [2.05, 4.69) is 5.32 Å². The monoisotopic (exact) mass is 245 g/mol. The number of rotatable bonds is 3. The highest BCUT2D eigenvalue weighted by Gasteiger charge is 2.10. The molecule has 0 radical (unpaired) electrons. The molecule has 0 spiro atoms. The number of hydrogen-bond acceptors (Lipinski definition) is 1. The number of anilines is 1. The molecule has 82 valence electrons. The number of nitrogens with one attached hydrogen (secondary N) is 1. The topological polar surface area (TPSA) is 29.1 Å². The maximum absolute atomic E-state index is 11.6. The summed E-state index contributed by atoms with van der Waals surface area (Å²) in [6.07, 6.45) is 0.813. The predicted octanol–water partition coefficient (Wildman–Crippen LogP) is 3.98. The molecule has 0 heterocycles. The van der Waals surface area contributed by atoms with Crippen molar-refractivity contribution in [3.8, 4) is 0 Å². The van der Waals surface area contributed by atoms with Crippen LogP contribution in [-0.2, 0) is 4.79 Å². The van der Waals surface area contributed by atoms with Gasteiger partial charge in [-0.3, -0.25) is 4.79 Å². The van der Waals surface area contributed by atoms with Crippen LogP contribution in [0.15, 0.2) is 18.2 Å². The molecule has 15 heavy (non-hydrogen) atoms. The Morgan fingerprint density at radius 1 is 1.40 bits per heavy atom. The van der Waals surface area contributed by atoms with E-state index in [9.17, 15) is 4.79 Å². The lowest BCUT2D eigenvalue weighted by atomic mass is 10.1. The van der Waals surface area contributed by atoms with Crippen molar-refractivity contribution in [3.63, 3.8) is 0 Å². The molecule has 0 aliphatic heterocycles. The van der Waals surface area contributed by atoms with Gasteiger partial charge in [0.2, 0.25) is 5.91 Å². The fourth-order valence-corrected chi connectivity index (χ4v) is 1.32. The number of carbonyl (C=O) groups is 1. The molecule has 0 aromatic heterocycles. The van der Waals surface area contributed by atoms with Crippen molar-refractivity contribution in [1.29, 1.82) is 0 Å². The molecule has 1 aromatic rings. The first-order chi connectivity index (χ1) is 7.04. The summed E-state index contributed by atoms with van der Waals surface area (Å²) in [5.41, 5.74) is 0.676. The lowest BCUT2D eigenvalue weighted by molar-refractivity contribution is -0.119. The van der Waals surface area contributed by atoms with Crippen molar-refractivity contribution in [2.45, 2.75) is 20.3 Å². The third-order valence-electron chi connectivity index (χ3n) is 2.25. The Balaban J connectivity index is 2.73. The normalized spacial score (nSPS) is 12.3. The zero-order chi connectivity index (χ0) is 11.4. The summed E-state index contributed by atoms with van der Waals surface area (Å²) in [5, 5.41) is 3.71. The highest BCUT2D eigenvalue weighted by Crippen LogP contribution is 2.25. The molecule has 1 rings (SSSR count). The van der Waals surface area contributed by atoms with Gasteiger partial charge in [0, 0.05) is 11.6 Å². The van der Waals surface area contributed by atoms with Gasteiger partial charge in [0.25, 0.3) is 0 Å². The second kappa shape index (κ2) is 5.38. The number of carbonyl (C=O) groups excluding carboxylic acids is 1. The first kappa shape index (κ1) is 12.3. The predicted molar refractivity (Wildman–Crippen MR) is 64.5 cm³/mol. The molecule has 1 aromatic carbocycles. The van der Waals surface area contributed by atoms with Crippen molar-refractivity contribution < 1.29 is 4.79 Å². The summed E-state index contributed by atoms with van der Waals surface area (Å²) < 4.78 is 0. The maximum Gasteiger partial charge on any atom is 0.227 e. The van der Waals surface area contributed by atoms with E-state index >= 15 is 0 Å². The Hall–Kier alpha value is -0.730. The molecule has 0 bridgehead atoms. The Morgan fingerprint density at radius 3 is 2.60 bits per heavy atom. The van der Waals surface area contributed by atoms with E-state index in [1.165, 1.54) is 0 Å². The lowest BCUT2D eigenvalue weighted by Crippen LogP contribution is -2.19. The minimum Gasteiger partial charge on any atom is -0.326 e. The summed E-state index contributed by atoms with van der Waals surface area (Å²) in [4.78, 5) is 11.6. The summed E-state index contributed by atoms with van der Waals surface area (Å²) >= 11 is 11.6. The number of halogens is 2. The largest absolute Gasteiger partial charge is 0.326 e. The van der Waals surface area contributed by atoms with E-state index in [-0.39, 0.29) is 11.8 Å². The molecule has 0 saturated carbocycles. The van der Waals surface area contributed by atoms with Gasteiger partial charge in [-0.05, 0) is 24.6 Å². The average Bonchev–Trinajstić information content (AvgIpc) is 2.22. The van der Waals surface area contributed by atoms with Gasteiger partial charge in [-0.25, -0.2) is 0 Å². The summed E-state index contributed by atoms with van der Waals surface area (Å²) in [5.74, 6) is -0.00431. The van der Waals surface area contributed by atoms with Crippen LogP contribution in [0.2, 0.25) is 10.0 Å². The van der Waals surface area contributed by atoms with Gasteiger partial charge in [-0.1, -0.05) is 37.0 Å². The van der Waals surface area contributed by atoms with Gasteiger partial charge in [0.15, 0.2) is 0 Å². The van der Waals surface area contributed by atoms with Crippen LogP contribution in [0.4, 0.5) is 5.69 Å². The Labute approximate surface area is 99.6 Å². The van der Waals surface area contributed by atoms with Crippen molar-refractivity contribution in [2.24, 2.45) is 5.92 Å². The van der Waals surface area contributed by atoms with Crippen LogP contribution < -0.4 is 5.32 Å². The quantitative estimate of drug-likeness (QED) is 0.858. The van der Waals surface area contributed by atoms with E-state index in [0.29, 0.717) is 15.7 Å². The van der Waals surface area contributed by atoms with E-state index in [1.54, 1.807) is 18.2 Å². The Morgan fingerprint density at radius 2 is 2.07 bits per heavy atom. The fraction of sp³-hybridized carbons (Fsp3) is 0.364. The van der Waals surface area contributed by atoms with Crippen LogP contribution in [0.5, 0.6) is 0 Å². The summed E-state index contributed by atoms with van der Waals surface area (Å²) in [6, 6.07) is 5.04. The van der Waals surface area contributed by atoms with Crippen molar-refractivity contribution in [2.75, 3.05) is 5.32 Å². The third-order valence-corrected chi connectivity index (χ3v) is 2.99. The Kier molecular flexibility index (Phi) is 4.43. The lowest BCUT2D eigenvalue weighted by Gasteiger charge is -2.10. The number of amides is 1. The van der Waals surface area contributed by atoms with Gasteiger partial charge >= 0.3 is 0 Å². The van der Waals surface area contributed by atoms with Crippen LogP contribution >= 0.6 is 23.2 Å². The zero-order valence-electron chi connectivity index (χ0n) is 8.68. The second-order valence-electron chi connectivity index (χ2n) is 3.43. The molecule has 1 amide bonds. The van der Waals surface area contributed by atoms with E-state index < -0.39 is 0 Å². The van der Waals surface area contributed by atoms with Crippen LogP contribution in [0.25, 0.3) is 0 Å². The summed E-state index contributed by atoms with van der Waals surface area (Å²) in [7, 11) is 0. The fourth-order valence-electron chi connectivity index (χ4n) is 1.02. The van der Waals surface area contributed by atoms with Gasteiger partial charge in [-0.15, -0.1) is 0 Å². The van der Waals surface area contributed by atoms with Crippen LogP contribution in [0.1, 0.15) is 20.3 Å². The van der Waals surface area contributed by atoms with Crippen LogP contribution in [0.3, 0.4) is 0 Å². The Bertz CT molecular complexity index is 366. The van der Waals surface area contributed by atoms with Gasteiger partial charge in [0.05, 0.1) is 10.0 Å². The molecule has 0 aliphatic carbocycles. The molecular weight excluding hydrogens is 233 g/mol. The second-order valence-corrected chi connectivity index (χ2v) is 4.24. The molecule has 0 fully saturated rings. The van der Waals surface area contributed by atoms with Gasteiger partial charge < -0.3 is 5.32 Å². The molecule has 2 nitrogen and oxygen atoms in total. The molecule has 1 atom stereocenters. The SMILES string of the molecule is CC[C@H](C)C(=O)Nc1ccc(Cl)c(Cl)c1. The molecule has 0 saturated heterocycles. The van der Waals surface area contributed by atoms with Crippen molar-refractivity contribution in [3.05, 3.63) is 28.2 Å². The highest BCUT2D eigenvalue weighted by molar-refractivity contribution is 6.42. The first-order valence-electron chi connectivity index (χ1n) is 4.80. The van der Waals surface area contributed by atoms with Gasteiger partial charge in [0.1, 0.15) is 0 Å². The van der Waals surface area contributed by atoms with Crippen LogP contribution in [-0.4, -0.2) is 5.91 Å². The standard InChI is InChI=1S/C11H13Cl2NO/c1-3-7(2)11(15)14-8-4-5-9(12)10(13)6-8/h4-7H,3H2,1-2H3,(H,14,15)/t7-/m0/s1. The number of benzene rings is 1. The molecular formula is C11H13Cl2NO. The summed E-state index contributed by atoms with van der Waals surface area (Å²) in [6.45, 7) is 3.85. The minimum atomic E-state index is -0.00381. The first-order valence-corrected chi connectivity index (χ1v) is 5.56. The van der Waals surface area contributed by atoms with Crippen LogP contribution in [0, 0.1) is 5.92 Å². The smallest absolute Gasteiger partial charge is 0.227 e. The third kappa shape index (κ3) is 3.40. The van der Waals surface area contributed by atoms with E-state index in [4.69, 9.17) is 23.2 Å². The molecule has 1 N–H and O–H groups in total. The molecule has 0 aliphatic rings. The number of hydrogen-bond donors (Lipinski definition) is 1. The average molecular weight is 246 g/mol. The zero-order valence-corrected chi connectivity index (χ0v) is 10.2. The van der Waals surface area contributed by atoms with E-state index in [1.807, 2.05) is 13.8 Å². The van der Waals surface area contributed by atoms with Gasteiger partial charge in [-0.2, -0.15) is 0 Å². The maximum atomic E-state index is 11.6.